The lowest BCUT2D eigenvalue weighted by Crippen LogP contribution is -2.49. The van der Waals surface area contributed by atoms with Gasteiger partial charge < -0.3 is 10.1 Å². The molecule has 3 aliphatic heterocycles. The van der Waals surface area contributed by atoms with Gasteiger partial charge in [0.15, 0.2) is 6.23 Å². The molecule has 17 heavy (non-hydrogen) atoms. The molecule has 1 amide bonds. The highest BCUT2D eigenvalue weighted by atomic mass is 16.5. The van der Waals surface area contributed by atoms with E-state index in [0.29, 0.717) is 12.4 Å². The molecule has 3 aliphatic rings. The number of amides is 1. The van der Waals surface area contributed by atoms with E-state index in [9.17, 15) is 9.59 Å². The van der Waals surface area contributed by atoms with Crippen molar-refractivity contribution >= 4 is 12.4 Å². The highest BCUT2D eigenvalue weighted by Gasteiger charge is 2.44. The van der Waals surface area contributed by atoms with Crippen LogP contribution in [0.25, 0.3) is 0 Å². The van der Waals surface area contributed by atoms with Crippen LogP contribution in [-0.2, 0) is 14.3 Å². The molecule has 2 unspecified atom stereocenters. The van der Waals surface area contributed by atoms with E-state index in [1.54, 1.807) is 4.90 Å². The van der Waals surface area contributed by atoms with Crippen molar-refractivity contribution in [2.24, 2.45) is 5.92 Å². The van der Waals surface area contributed by atoms with Crippen molar-refractivity contribution < 1.29 is 14.3 Å². The molecule has 5 nitrogen and oxygen atoms in total. The minimum absolute atomic E-state index is 0.0758. The minimum atomic E-state index is -0.379. The Bertz CT molecular complexity index is 369. The number of fused-ring (bicyclic) bond motifs is 2. The van der Waals surface area contributed by atoms with Crippen molar-refractivity contribution in [1.82, 2.24) is 10.2 Å². The van der Waals surface area contributed by atoms with E-state index in [4.69, 9.17) is 4.74 Å². The number of hydrogen-bond acceptors (Lipinski definition) is 4. The van der Waals surface area contributed by atoms with E-state index in [1.807, 2.05) is 0 Å². The number of hydrogen-bond donors (Lipinski definition) is 1. The second kappa shape index (κ2) is 4.14. The topological polar surface area (TPSA) is 58.6 Å². The van der Waals surface area contributed by atoms with Crippen molar-refractivity contribution in [3.05, 3.63) is 12.2 Å². The summed E-state index contributed by atoms with van der Waals surface area (Å²) >= 11 is 0. The predicted octanol–water partition coefficient (Wildman–Crippen LogP) is 0.0244. The van der Waals surface area contributed by atoms with Crippen molar-refractivity contribution in [3.63, 3.8) is 0 Å². The van der Waals surface area contributed by atoms with E-state index in [1.165, 1.54) is 0 Å². The first-order valence-corrected chi connectivity index (χ1v) is 6.14. The molecule has 92 valence electrons. The summed E-state index contributed by atoms with van der Waals surface area (Å²) in [6.07, 6.45) is 6.49. The van der Waals surface area contributed by atoms with Gasteiger partial charge in [0.25, 0.3) is 6.47 Å². The molecule has 0 aromatic heterocycles. The van der Waals surface area contributed by atoms with E-state index in [0.717, 1.165) is 25.8 Å². The first kappa shape index (κ1) is 10.8. The van der Waals surface area contributed by atoms with Crippen LogP contribution in [0.4, 0.5) is 0 Å². The summed E-state index contributed by atoms with van der Waals surface area (Å²) in [7, 11) is 0. The monoisotopic (exact) mass is 236 g/mol. The SMILES string of the molecule is O=CO[C@@H]1CCC2C=C[C@H]3CCNC3C(=O)N21. The number of carbonyl (C=O) groups excluding carboxylic acids is 2. The van der Waals surface area contributed by atoms with Crippen LogP contribution in [0.3, 0.4) is 0 Å². The smallest absolute Gasteiger partial charge is 0.295 e. The van der Waals surface area contributed by atoms with Gasteiger partial charge in [-0.15, -0.1) is 0 Å². The molecule has 2 fully saturated rings. The number of carbonyl (C=O) groups is 2. The Morgan fingerprint density at radius 2 is 2.24 bits per heavy atom. The van der Waals surface area contributed by atoms with E-state index < -0.39 is 0 Å². The lowest BCUT2D eigenvalue weighted by atomic mass is 10.00. The van der Waals surface area contributed by atoms with Gasteiger partial charge in [-0.25, -0.2) is 0 Å². The standard InChI is InChI=1S/C12H16N2O3/c15-7-17-10-4-3-9-2-1-8-5-6-13-11(8)12(16)14(9)10/h1-2,7-11,13H,3-6H2/t8-,9?,10+,11?/m0/s1. The van der Waals surface area contributed by atoms with Crippen LogP contribution >= 0.6 is 0 Å². The molecule has 3 rings (SSSR count). The molecule has 0 aliphatic carbocycles. The van der Waals surface area contributed by atoms with Crippen LogP contribution in [0, 0.1) is 5.92 Å². The van der Waals surface area contributed by atoms with Gasteiger partial charge in [-0.3, -0.25) is 14.5 Å². The highest BCUT2D eigenvalue weighted by molar-refractivity contribution is 5.84. The highest BCUT2D eigenvalue weighted by Crippen LogP contribution is 2.32. The fraction of sp³-hybridized carbons (Fsp3) is 0.667. The second-order valence-corrected chi connectivity index (χ2v) is 4.85. The van der Waals surface area contributed by atoms with Crippen LogP contribution in [-0.4, -0.2) is 42.1 Å². The lowest BCUT2D eigenvalue weighted by molar-refractivity contribution is -0.153. The zero-order valence-corrected chi connectivity index (χ0v) is 9.54. The Morgan fingerprint density at radius 3 is 3.06 bits per heavy atom. The Morgan fingerprint density at radius 1 is 1.35 bits per heavy atom. The van der Waals surface area contributed by atoms with Gasteiger partial charge in [0.05, 0.1) is 12.1 Å². The van der Waals surface area contributed by atoms with Crippen LogP contribution in [0.1, 0.15) is 19.3 Å². The molecule has 3 heterocycles. The maximum absolute atomic E-state index is 12.4. The number of nitrogens with one attached hydrogen (secondary N) is 1. The average molecular weight is 236 g/mol. The summed E-state index contributed by atoms with van der Waals surface area (Å²) in [5, 5.41) is 3.24. The quantitative estimate of drug-likeness (QED) is 0.542. The molecular formula is C12H16N2O3. The van der Waals surface area contributed by atoms with Crippen molar-refractivity contribution in [1.29, 1.82) is 0 Å². The number of ether oxygens (including phenoxy) is 1. The van der Waals surface area contributed by atoms with E-state index in [2.05, 4.69) is 17.5 Å². The first-order valence-electron chi connectivity index (χ1n) is 6.14. The van der Waals surface area contributed by atoms with Gasteiger partial charge in [-0.2, -0.15) is 0 Å². The second-order valence-electron chi connectivity index (χ2n) is 4.85. The van der Waals surface area contributed by atoms with Gasteiger partial charge in [-0.1, -0.05) is 12.2 Å². The maximum Gasteiger partial charge on any atom is 0.295 e. The first-order chi connectivity index (χ1) is 8.31. The summed E-state index contributed by atoms with van der Waals surface area (Å²) in [6, 6.07) is -0.0352. The van der Waals surface area contributed by atoms with Gasteiger partial charge >= 0.3 is 0 Å². The number of nitrogens with zero attached hydrogens (tertiary/aromatic N) is 1. The lowest BCUT2D eigenvalue weighted by Gasteiger charge is -2.29. The van der Waals surface area contributed by atoms with Crippen molar-refractivity contribution in [2.75, 3.05) is 6.54 Å². The van der Waals surface area contributed by atoms with Gasteiger partial charge in [0.1, 0.15) is 0 Å². The van der Waals surface area contributed by atoms with E-state index >= 15 is 0 Å². The Labute approximate surface area is 99.8 Å². The van der Waals surface area contributed by atoms with Crippen molar-refractivity contribution in [3.8, 4) is 0 Å². The molecule has 0 aromatic rings. The van der Waals surface area contributed by atoms with Gasteiger partial charge in [-0.05, 0) is 19.4 Å². The fourth-order valence-electron chi connectivity index (χ4n) is 3.13. The van der Waals surface area contributed by atoms with Gasteiger partial charge in [0, 0.05) is 12.3 Å². The summed E-state index contributed by atoms with van der Waals surface area (Å²) < 4.78 is 5.01. The summed E-state index contributed by atoms with van der Waals surface area (Å²) in [6.45, 7) is 1.32. The molecule has 0 saturated carbocycles. The minimum Gasteiger partial charge on any atom is -0.444 e. The predicted molar refractivity (Wildman–Crippen MR) is 59.8 cm³/mol. The Kier molecular flexibility index (Phi) is 2.63. The summed E-state index contributed by atoms with van der Waals surface area (Å²) in [5.74, 6) is 0.372. The maximum atomic E-state index is 12.4. The molecule has 0 radical (unpaired) electrons. The molecule has 0 aromatic carbocycles. The molecule has 2 saturated heterocycles. The Hall–Kier alpha value is -1.36. The van der Waals surface area contributed by atoms with Crippen LogP contribution in [0.2, 0.25) is 0 Å². The molecule has 1 N–H and O–H groups in total. The van der Waals surface area contributed by atoms with Crippen LogP contribution < -0.4 is 5.32 Å². The fourth-order valence-corrected chi connectivity index (χ4v) is 3.13. The van der Waals surface area contributed by atoms with Crippen molar-refractivity contribution in [2.45, 2.75) is 37.6 Å². The summed E-state index contributed by atoms with van der Waals surface area (Å²) in [4.78, 5) is 24.6. The molecular weight excluding hydrogens is 220 g/mol. The zero-order chi connectivity index (χ0) is 11.8. The Balaban J connectivity index is 1.87. The third-order valence-corrected chi connectivity index (χ3v) is 3.96. The van der Waals surface area contributed by atoms with E-state index in [-0.39, 0.29) is 24.2 Å². The van der Waals surface area contributed by atoms with Gasteiger partial charge in [0.2, 0.25) is 5.91 Å². The third kappa shape index (κ3) is 1.65. The summed E-state index contributed by atoms with van der Waals surface area (Å²) in [5.41, 5.74) is 0. The molecule has 5 heteroatoms. The molecule has 0 spiro atoms. The zero-order valence-electron chi connectivity index (χ0n) is 9.54. The van der Waals surface area contributed by atoms with Crippen LogP contribution in [0.15, 0.2) is 12.2 Å². The largest absolute Gasteiger partial charge is 0.444 e. The third-order valence-electron chi connectivity index (χ3n) is 3.96. The molecule has 0 bridgehead atoms. The van der Waals surface area contributed by atoms with Crippen LogP contribution in [0.5, 0.6) is 0 Å². The normalized spacial score (nSPS) is 39.8. The number of rotatable bonds is 2. The molecule has 4 atom stereocenters. The average Bonchev–Trinajstić information content (AvgIpc) is 2.90.